The Kier molecular flexibility index (Phi) is 14.6. The highest BCUT2D eigenvalue weighted by molar-refractivity contribution is 5.87. The molecule has 9 heteroatoms. The fraction of sp³-hybridized carbons (Fsp3) is 0.769. The van der Waals surface area contributed by atoms with Crippen molar-refractivity contribution >= 4 is 11.9 Å². The van der Waals surface area contributed by atoms with Gasteiger partial charge in [-0.05, 0) is 60.8 Å². The Morgan fingerprint density at radius 3 is 1.77 bits per heavy atom. The van der Waals surface area contributed by atoms with Gasteiger partial charge in [-0.3, -0.25) is 0 Å². The number of nitrogens with one attached hydrogen (secondary N) is 2. The lowest BCUT2D eigenvalue weighted by atomic mass is 9.89. The highest BCUT2D eigenvalue weighted by atomic mass is 16.5. The quantitative estimate of drug-likeness (QED) is 0.165. The van der Waals surface area contributed by atoms with Crippen LogP contribution >= 0.6 is 0 Å². The minimum absolute atomic E-state index is 0.0648. The average molecular weight is 501 g/mol. The molecule has 0 bridgehead atoms. The maximum atomic E-state index is 11.5. The summed E-state index contributed by atoms with van der Waals surface area (Å²) in [5.41, 5.74) is -0.149. The minimum atomic E-state index is -0.825. The van der Waals surface area contributed by atoms with Crippen molar-refractivity contribution in [2.45, 2.75) is 91.2 Å². The summed E-state index contributed by atoms with van der Waals surface area (Å²) in [7, 11) is 0. The maximum absolute atomic E-state index is 11.5. The molecule has 0 saturated carbocycles. The number of aliphatic hydroxyl groups is 2. The first-order valence-electron chi connectivity index (χ1n) is 12.1. The van der Waals surface area contributed by atoms with Crippen molar-refractivity contribution in [2.24, 2.45) is 5.92 Å². The molecular weight excluding hydrogens is 452 g/mol. The first-order chi connectivity index (χ1) is 16.0. The van der Waals surface area contributed by atoms with Gasteiger partial charge in [-0.15, -0.1) is 0 Å². The van der Waals surface area contributed by atoms with E-state index in [1.54, 1.807) is 13.8 Å². The number of esters is 2. The molecule has 0 fully saturated rings. The molecule has 4 atom stereocenters. The summed E-state index contributed by atoms with van der Waals surface area (Å²) in [6.45, 7) is 23.2. The van der Waals surface area contributed by atoms with Gasteiger partial charge in [0.1, 0.15) is 25.4 Å². The Morgan fingerprint density at radius 2 is 1.31 bits per heavy atom. The van der Waals surface area contributed by atoms with Gasteiger partial charge in [0.25, 0.3) is 0 Å². The highest BCUT2D eigenvalue weighted by Gasteiger charge is 2.30. The number of rotatable bonds is 18. The first kappa shape index (κ1) is 33.2. The molecule has 0 radical (unpaired) electrons. The second-order valence-electron chi connectivity index (χ2n) is 10.7. The molecule has 0 aromatic carbocycles. The van der Waals surface area contributed by atoms with Crippen molar-refractivity contribution in [3.05, 3.63) is 24.3 Å². The van der Waals surface area contributed by atoms with Crippen LogP contribution in [-0.4, -0.2) is 84.5 Å². The van der Waals surface area contributed by atoms with Crippen LogP contribution in [0.3, 0.4) is 0 Å². The van der Waals surface area contributed by atoms with Crippen LogP contribution in [0.25, 0.3) is 0 Å². The van der Waals surface area contributed by atoms with Gasteiger partial charge in [0.15, 0.2) is 0 Å². The Labute approximate surface area is 211 Å². The first-order valence-corrected chi connectivity index (χ1v) is 12.1. The lowest BCUT2D eigenvalue weighted by molar-refractivity contribution is -0.142. The Hall–Kier alpha value is -1.78. The summed E-state index contributed by atoms with van der Waals surface area (Å²) in [6, 6.07) is 0.0648. The van der Waals surface area contributed by atoms with Gasteiger partial charge in [0.05, 0.1) is 12.2 Å². The molecule has 0 rings (SSSR count). The molecule has 0 spiro atoms. The monoisotopic (exact) mass is 500 g/mol. The SMILES string of the molecule is C=C(C)C(=O)OCC(O)CNC(C)CC(C)(C)OCC(C)C(C)(C)NCC(O)COC(=O)C(=C)C. The van der Waals surface area contributed by atoms with Crippen molar-refractivity contribution in [2.75, 3.05) is 32.9 Å². The molecule has 0 aliphatic rings. The summed E-state index contributed by atoms with van der Waals surface area (Å²) >= 11 is 0. The molecule has 0 amide bonds. The number of aliphatic hydroxyl groups excluding tert-OH is 2. The highest BCUT2D eigenvalue weighted by Crippen LogP contribution is 2.22. The largest absolute Gasteiger partial charge is 0.460 e. The lowest BCUT2D eigenvalue weighted by Crippen LogP contribution is -2.50. The summed E-state index contributed by atoms with van der Waals surface area (Å²) in [4.78, 5) is 22.9. The predicted molar refractivity (Wildman–Crippen MR) is 137 cm³/mol. The predicted octanol–water partition coefficient (Wildman–Crippen LogP) is 2.11. The van der Waals surface area contributed by atoms with Gasteiger partial charge >= 0.3 is 11.9 Å². The molecule has 0 aromatic rings. The molecule has 204 valence electrons. The lowest BCUT2D eigenvalue weighted by Gasteiger charge is -2.37. The fourth-order valence-corrected chi connectivity index (χ4v) is 3.03. The van der Waals surface area contributed by atoms with Crippen molar-refractivity contribution < 1.29 is 34.0 Å². The second kappa shape index (κ2) is 15.4. The van der Waals surface area contributed by atoms with Crippen molar-refractivity contribution in [3.8, 4) is 0 Å². The maximum Gasteiger partial charge on any atom is 0.333 e. The summed E-state index contributed by atoms with van der Waals surface area (Å²) in [5.74, 6) is -0.907. The van der Waals surface area contributed by atoms with Crippen molar-refractivity contribution in [3.63, 3.8) is 0 Å². The molecular formula is C26H48N2O7. The topological polar surface area (TPSA) is 126 Å². The molecule has 4 unspecified atom stereocenters. The van der Waals surface area contributed by atoms with E-state index in [4.69, 9.17) is 14.2 Å². The smallest absolute Gasteiger partial charge is 0.333 e. The van der Waals surface area contributed by atoms with E-state index in [1.165, 1.54) is 0 Å². The normalized spacial score (nSPS) is 15.6. The van der Waals surface area contributed by atoms with Crippen LogP contribution in [0.5, 0.6) is 0 Å². The zero-order chi connectivity index (χ0) is 27.4. The van der Waals surface area contributed by atoms with E-state index in [-0.39, 0.29) is 43.8 Å². The zero-order valence-electron chi connectivity index (χ0n) is 22.9. The minimum Gasteiger partial charge on any atom is -0.460 e. The molecule has 0 saturated heterocycles. The van der Waals surface area contributed by atoms with E-state index in [9.17, 15) is 19.8 Å². The van der Waals surface area contributed by atoms with Crippen LogP contribution in [0, 0.1) is 5.92 Å². The Bertz CT molecular complexity index is 706. The number of hydrogen-bond donors (Lipinski definition) is 4. The van der Waals surface area contributed by atoms with E-state index in [2.05, 4.69) is 30.7 Å². The van der Waals surface area contributed by atoms with Crippen LogP contribution in [0.1, 0.15) is 61.8 Å². The average Bonchev–Trinajstić information content (AvgIpc) is 2.75. The summed E-state index contributed by atoms with van der Waals surface area (Å²) in [6.07, 6.45) is -0.927. The molecule has 0 aromatic heterocycles. The third-order valence-corrected chi connectivity index (χ3v) is 5.76. The standard InChI is InChI=1S/C26H48N2O7/c1-17(2)23(31)33-15-21(29)12-27-20(6)11-25(7,8)35-14-19(5)26(9,10)28-13-22(30)16-34-24(32)18(3)4/h19-22,27-30H,1,3,11-16H2,2,4-10H3. The number of carbonyl (C=O) groups excluding carboxylic acids is 2. The Morgan fingerprint density at radius 1 is 0.857 bits per heavy atom. The number of β-amino-alcohol motifs (C(OH)–C–C–N with tert-alkyl or cyclic N) is 1. The van der Waals surface area contributed by atoms with Crippen LogP contribution in [-0.2, 0) is 23.8 Å². The van der Waals surface area contributed by atoms with Gasteiger partial charge in [0.2, 0.25) is 0 Å². The van der Waals surface area contributed by atoms with Gasteiger partial charge in [-0.1, -0.05) is 20.1 Å². The zero-order valence-corrected chi connectivity index (χ0v) is 22.9. The second-order valence-corrected chi connectivity index (χ2v) is 10.7. The van der Waals surface area contributed by atoms with Crippen LogP contribution in [0.15, 0.2) is 24.3 Å². The third kappa shape index (κ3) is 15.0. The van der Waals surface area contributed by atoms with Crippen LogP contribution < -0.4 is 10.6 Å². The van der Waals surface area contributed by atoms with Crippen LogP contribution in [0.4, 0.5) is 0 Å². The van der Waals surface area contributed by atoms with Crippen molar-refractivity contribution in [1.29, 1.82) is 0 Å². The molecule has 0 aliphatic carbocycles. The molecule has 4 N–H and O–H groups in total. The molecule has 9 nitrogen and oxygen atoms in total. The summed E-state index contributed by atoms with van der Waals surface area (Å²) < 4.78 is 16.2. The third-order valence-electron chi connectivity index (χ3n) is 5.76. The van der Waals surface area contributed by atoms with E-state index in [0.29, 0.717) is 24.2 Å². The summed E-state index contributed by atoms with van der Waals surface area (Å²) in [5, 5.41) is 26.7. The van der Waals surface area contributed by atoms with Gasteiger partial charge in [0, 0.05) is 35.8 Å². The van der Waals surface area contributed by atoms with E-state index >= 15 is 0 Å². The van der Waals surface area contributed by atoms with E-state index in [1.807, 2.05) is 34.6 Å². The van der Waals surface area contributed by atoms with E-state index < -0.39 is 29.7 Å². The molecule has 0 heterocycles. The number of hydrogen-bond acceptors (Lipinski definition) is 9. The van der Waals surface area contributed by atoms with Crippen molar-refractivity contribution in [1.82, 2.24) is 10.6 Å². The van der Waals surface area contributed by atoms with E-state index in [0.717, 1.165) is 0 Å². The molecule has 35 heavy (non-hydrogen) atoms. The Balaban J connectivity index is 4.41. The number of carbonyl (C=O) groups is 2. The van der Waals surface area contributed by atoms with Gasteiger partial charge in [-0.25, -0.2) is 9.59 Å². The van der Waals surface area contributed by atoms with Gasteiger partial charge in [-0.2, -0.15) is 0 Å². The van der Waals surface area contributed by atoms with Gasteiger partial charge < -0.3 is 35.1 Å². The number of ether oxygens (including phenoxy) is 3. The fourth-order valence-electron chi connectivity index (χ4n) is 3.03. The molecule has 0 aliphatic heterocycles. The van der Waals surface area contributed by atoms with Crippen LogP contribution in [0.2, 0.25) is 0 Å².